The predicted molar refractivity (Wildman–Crippen MR) is 337 cm³/mol. The van der Waals surface area contributed by atoms with Gasteiger partial charge in [0.15, 0.2) is 11.5 Å². The Morgan fingerprint density at radius 2 is 1.54 bits per heavy atom. The number of rotatable bonds is 31. The van der Waals surface area contributed by atoms with Gasteiger partial charge >= 0.3 is 0 Å². The molecule has 0 radical (unpaired) electrons. The molecule has 4 amide bonds. The maximum absolute atomic E-state index is 14.3. The van der Waals surface area contributed by atoms with E-state index in [0.29, 0.717) is 133 Å². The number of β-amino-alcohol motifs (C(OH)–C–C–N with tert-alkyl or cyclic N) is 1. The average molecular weight is 1260 g/mol. The van der Waals surface area contributed by atoms with Crippen LogP contribution in [0.3, 0.4) is 0 Å². The van der Waals surface area contributed by atoms with Crippen molar-refractivity contribution in [2.75, 3.05) is 106 Å². The second kappa shape index (κ2) is 32.0. The highest BCUT2D eigenvalue weighted by Crippen LogP contribution is 2.40. The molecule has 6 aromatic rings. The first-order valence-corrected chi connectivity index (χ1v) is 32.3. The van der Waals surface area contributed by atoms with Gasteiger partial charge in [0.1, 0.15) is 49.1 Å². The molecule has 0 bridgehead atoms. The van der Waals surface area contributed by atoms with Crippen LogP contribution >= 0.6 is 11.3 Å². The van der Waals surface area contributed by atoms with Crippen LogP contribution in [-0.4, -0.2) is 192 Å². The van der Waals surface area contributed by atoms with Crippen molar-refractivity contribution in [3.8, 4) is 44.6 Å². The SMILES string of the molecule is CCC(=O)N1CCOc2c(cc(-c3ccc(OCc4cn(CCOCCOCCOCCOCCOc5cc(-c6scnc6C)ccc5CNC(=O)[C@@H]5C[C@@H](O)CN5C(=O)[C@H](C(C)C)N5Cc6ccccc6C5=O)nn4)cc3)cc2OC[C@H]2CCCN(C)C2)C1. The zero-order valence-electron chi connectivity index (χ0n) is 52.3. The third-order valence-electron chi connectivity index (χ3n) is 16.6. The van der Waals surface area contributed by atoms with Gasteiger partial charge < -0.3 is 67.9 Å². The Labute approximate surface area is 530 Å². The van der Waals surface area contributed by atoms with Crippen LogP contribution in [-0.2, 0) is 66.1 Å². The summed E-state index contributed by atoms with van der Waals surface area (Å²) >= 11 is 1.53. The minimum absolute atomic E-state index is 0.00642. The Bertz CT molecular complexity index is 3360. The number of aliphatic hydroxyl groups is 1. The summed E-state index contributed by atoms with van der Waals surface area (Å²) in [5.41, 5.74) is 9.37. The molecule has 4 aromatic carbocycles. The maximum atomic E-state index is 14.3. The minimum atomic E-state index is -0.919. The Hall–Kier alpha value is -7.51. The molecule has 4 aliphatic rings. The van der Waals surface area contributed by atoms with Crippen molar-refractivity contribution in [2.24, 2.45) is 11.8 Å². The standard InChI is InChI=1S/C67H85N9O13S/c1-6-61(78)73-20-23-87-63-53(38-73)32-52(34-60(63)89-42-47-10-9-19-72(5)37-47)48-15-17-56(18-16-48)88-43-54-40-74(71-70-54)21-22-82-24-25-83-26-27-84-28-29-85-30-31-86-59-33-49(64-46(4)69-44-90-64)13-14-50(59)36-68-65(79)58-35-55(77)41-75(58)67(81)62(45(2)3)76-39-51-11-7-8-12-57(51)66(76)80/h7-8,11-18,32-34,40,44-45,47,55,58,62,77H,6,9-10,19-31,35-39,41-43H2,1-5H3,(H,68,79)/t47-,55+,58-,62-/m0/s1. The number of aryl methyl sites for hydroxylation is 1. The Morgan fingerprint density at radius 3 is 2.27 bits per heavy atom. The molecule has 2 N–H and O–H groups in total. The van der Waals surface area contributed by atoms with Crippen LogP contribution in [0, 0.1) is 18.8 Å². The van der Waals surface area contributed by atoms with Crippen LogP contribution in [0.2, 0.25) is 0 Å². The smallest absolute Gasteiger partial charge is 0.255 e. The highest BCUT2D eigenvalue weighted by atomic mass is 32.1. The van der Waals surface area contributed by atoms with E-state index in [1.807, 2.05) is 99.5 Å². The second-order valence-corrected chi connectivity index (χ2v) is 24.5. The molecule has 23 heteroatoms. The van der Waals surface area contributed by atoms with Crippen LogP contribution < -0.4 is 24.3 Å². The van der Waals surface area contributed by atoms with Gasteiger partial charge in [-0.25, -0.2) is 9.67 Å². The molecular weight excluding hydrogens is 1170 g/mol. The number of aromatic nitrogens is 4. The molecule has 22 nitrogen and oxygen atoms in total. The zero-order chi connectivity index (χ0) is 62.9. The summed E-state index contributed by atoms with van der Waals surface area (Å²) in [5, 5.41) is 22.3. The minimum Gasteiger partial charge on any atom is -0.491 e. The monoisotopic (exact) mass is 1260 g/mol. The number of ether oxygens (including phenoxy) is 8. The molecule has 2 aromatic heterocycles. The Morgan fingerprint density at radius 1 is 0.811 bits per heavy atom. The van der Waals surface area contributed by atoms with Crippen LogP contribution in [0.25, 0.3) is 21.6 Å². The topological polar surface area (TPSA) is 231 Å². The fourth-order valence-corrected chi connectivity index (χ4v) is 12.8. The number of hydrogen-bond acceptors (Lipinski definition) is 18. The Balaban J connectivity index is 0.597. The van der Waals surface area contributed by atoms with Gasteiger partial charge in [-0.05, 0) is 97.9 Å². The van der Waals surface area contributed by atoms with Crippen molar-refractivity contribution in [3.05, 3.63) is 124 Å². The molecule has 0 spiro atoms. The molecule has 482 valence electrons. The average Bonchev–Trinajstić information content (AvgIpc) is 1.61. The predicted octanol–water partition coefficient (Wildman–Crippen LogP) is 7.21. The highest BCUT2D eigenvalue weighted by molar-refractivity contribution is 7.13. The molecule has 10 rings (SSSR count). The summed E-state index contributed by atoms with van der Waals surface area (Å²) in [4.78, 5) is 67.2. The molecule has 4 aliphatic heterocycles. The van der Waals surface area contributed by atoms with E-state index >= 15 is 0 Å². The maximum Gasteiger partial charge on any atom is 0.255 e. The van der Waals surface area contributed by atoms with Crippen molar-refractivity contribution >= 4 is 35.0 Å². The van der Waals surface area contributed by atoms with Gasteiger partial charge in [0.25, 0.3) is 5.91 Å². The number of amides is 4. The number of nitrogens with one attached hydrogen (secondary N) is 1. The number of thiazole rings is 1. The van der Waals surface area contributed by atoms with Crippen LogP contribution in [0.1, 0.15) is 84.9 Å². The molecule has 0 saturated carbocycles. The number of aliphatic hydroxyl groups excluding tert-OH is 1. The third-order valence-corrected chi connectivity index (χ3v) is 17.6. The number of piperidine rings is 1. The highest BCUT2D eigenvalue weighted by Gasteiger charge is 2.46. The van der Waals surface area contributed by atoms with E-state index in [0.717, 1.165) is 75.6 Å². The van der Waals surface area contributed by atoms with Crippen molar-refractivity contribution in [1.82, 2.24) is 44.9 Å². The summed E-state index contributed by atoms with van der Waals surface area (Å²) in [5.74, 6) is 2.03. The molecule has 90 heavy (non-hydrogen) atoms. The number of fused-ring (bicyclic) bond motifs is 2. The number of carbonyl (C=O) groups excluding carboxylic acids is 4. The van der Waals surface area contributed by atoms with E-state index in [4.69, 9.17) is 37.9 Å². The van der Waals surface area contributed by atoms with Crippen molar-refractivity contribution in [1.29, 1.82) is 0 Å². The normalized spacial score (nSPS) is 17.9. The first kappa shape index (κ1) is 65.4. The van der Waals surface area contributed by atoms with Gasteiger partial charge in [0.05, 0.1) is 101 Å². The van der Waals surface area contributed by atoms with E-state index in [2.05, 4.69) is 44.7 Å². The molecule has 0 aliphatic carbocycles. The van der Waals surface area contributed by atoms with Crippen molar-refractivity contribution in [3.63, 3.8) is 0 Å². The van der Waals surface area contributed by atoms with E-state index in [1.54, 1.807) is 21.2 Å². The molecule has 2 fully saturated rings. The van der Waals surface area contributed by atoms with E-state index < -0.39 is 24.1 Å². The summed E-state index contributed by atoms with van der Waals surface area (Å²) < 4.78 is 49.9. The number of benzene rings is 4. The molecule has 2 saturated heterocycles. The first-order chi connectivity index (χ1) is 43.8. The lowest BCUT2D eigenvalue weighted by molar-refractivity contribution is -0.143. The fourth-order valence-electron chi connectivity index (χ4n) is 12.0. The second-order valence-electron chi connectivity index (χ2n) is 23.6. The van der Waals surface area contributed by atoms with Crippen molar-refractivity contribution < 1.29 is 62.2 Å². The van der Waals surface area contributed by atoms with Gasteiger partial charge in [-0.1, -0.05) is 68.4 Å². The van der Waals surface area contributed by atoms with Crippen LogP contribution in [0.4, 0.5) is 0 Å². The van der Waals surface area contributed by atoms with Crippen LogP contribution in [0.15, 0.2) is 90.6 Å². The lowest BCUT2D eigenvalue weighted by Gasteiger charge is -2.35. The van der Waals surface area contributed by atoms with Crippen molar-refractivity contribution in [2.45, 2.75) is 104 Å². The summed E-state index contributed by atoms with van der Waals surface area (Å²) in [6.07, 6.45) is 3.77. The number of hydrogen-bond donors (Lipinski definition) is 2. The lowest BCUT2D eigenvalue weighted by atomic mass is 9.99. The van der Waals surface area contributed by atoms with E-state index in [-0.39, 0.29) is 56.4 Å². The molecule has 0 unspecified atom stereocenters. The van der Waals surface area contributed by atoms with Crippen LogP contribution in [0.5, 0.6) is 23.0 Å². The third kappa shape index (κ3) is 17.1. The summed E-state index contributed by atoms with van der Waals surface area (Å²) in [6, 6.07) is 23.5. The Kier molecular flexibility index (Phi) is 23.3. The van der Waals surface area contributed by atoms with Gasteiger partial charge in [-0.15, -0.1) is 16.4 Å². The quantitative estimate of drug-likeness (QED) is 0.0410. The number of nitrogens with zero attached hydrogens (tertiary/aromatic N) is 8. The first-order valence-electron chi connectivity index (χ1n) is 31.4. The van der Waals surface area contributed by atoms with E-state index in [9.17, 15) is 24.3 Å². The molecular formula is C67H85N9O13S. The fraction of sp³-hybridized carbons (Fsp3) is 0.507. The zero-order valence-corrected chi connectivity index (χ0v) is 53.2. The van der Waals surface area contributed by atoms with E-state index in [1.165, 1.54) is 16.2 Å². The van der Waals surface area contributed by atoms with Gasteiger partial charge in [-0.2, -0.15) is 0 Å². The molecule has 4 atom stereocenters. The summed E-state index contributed by atoms with van der Waals surface area (Å²) in [7, 11) is 2.16. The van der Waals surface area contributed by atoms with Gasteiger partial charge in [0, 0.05) is 68.2 Å². The number of carbonyl (C=O) groups is 4. The molecule has 6 heterocycles. The largest absolute Gasteiger partial charge is 0.491 e. The number of likely N-dealkylation sites (tertiary alicyclic amines) is 2. The van der Waals surface area contributed by atoms with Gasteiger partial charge in [0.2, 0.25) is 17.7 Å². The lowest BCUT2D eigenvalue weighted by Crippen LogP contribution is -2.55. The summed E-state index contributed by atoms with van der Waals surface area (Å²) in [6.45, 7) is 16.2. The van der Waals surface area contributed by atoms with Gasteiger partial charge in [-0.3, -0.25) is 19.2 Å².